The molecule has 6 heteroatoms. The molecule has 1 aromatic rings. The first kappa shape index (κ1) is 12.8. The van der Waals surface area contributed by atoms with Crippen molar-refractivity contribution >= 4 is 5.69 Å². The fourth-order valence-electron chi connectivity index (χ4n) is 1.35. The molecule has 1 heterocycles. The quantitative estimate of drug-likeness (QED) is 0.864. The Morgan fingerprint density at radius 3 is 2.69 bits per heavy atom. The minimum absolute atomic E-state index is 0.0950. The van der Waals surface area contributed by atoms with Gasteiger partial charge in [-0.05, 0) is 11.6 Å². The Morgan fingerprint density at radius 2 is 2.12 bits per heavy atom. The predicted octanol–water partition coefficient (Wildman–Crippen LogP) is 1.93. The first-order valence-electron chi connectivity index (χ1n) is 4.85. The summed E-state index contributed by atoms with van der Waals surface area (Å²) in [5.41, 5.74) is 6.93. The van der Waals surface area contributed by atoms with Gasteiger partial charge < -0.3 is 10.6 Å². The molecule has 0 radical (unpaired) electrons. The molecule has 3 nitrogen and oxygen atoms in total. The molecule has 0 aliphatic carbocycles. The molecule has 0 aliphatic heterocycles. The van der Waals surface area contributed by atoms with E-state index in [-0.39, 0.29) is 13.1 Å². The van der Waals surface area contributed by atoms with E-state index < -0.39 is 12.6 Å². The molecule has 90 valence electrons. The van der Waals surface area contributed by atoms with Gasteiger partial charge in [0.25, 0.3) is 0 Å². The van der Waals surface area contributed by atoms with E-state index in [0.717, 1.165) is 5.56 Å². The topological polar surface area (TPSA) is 42.2 Å². The van der Waals surface area contributed by atoms with Crippen LogP contribution in [0.4, 0.5) is 18.9 Å². The van der Waals surface area contributed by atoms with E-state index in [2.05, 4.69) is 4.98 Å². The summed E-state index contributed by atoms with van der Waals surface area (Å²) in [5.74, 6) is 0. The van der Waals surface area contributed by atoms with Crippen molar-refractivity contribution < 1.29 is 13.2 Å². The van der Waals surface area contributed by atoms with Crippen LogP contribution < -0.4 is 10.6 Å². The third-order valence-corrected chi connectivity index (χ3v) is 2.25. The molecule has 0 saturated carbocycles. The van der Waals surface area contributed by atoms with Crippen molar-refractivity contribution in [3.05, 3.63) is 24.0 Å². The molecule has 16 heavy (non-hydrogen) atoms. The van der Waals surface area contributed by atoms with E-state index in [0.29, 0.717) is 5.69 Å². The molecule has 0 aromatic carbocycles. The molecule has 1 rings (SSSR count). The lowest BCUT2D eigenvalue weighted by atomic mass is 10.2. The van der Waals surface area contributed by atoms with E-state index in [4.69, 9.17) is 5.73 Å². The summed E-state index contributed by atoms with van der Waals surface area (Å²) in [6, 6.07) is 1.71. The van der Waals surface area contributed by atoms with Gasteiger partial charge in [0.15, 0.2) is 0 Å². The SMILES string of the molecule is CN(CCC(F)(F)F)c1cnccc1CN. The van der Waals surface area contributed by atoms with Gasteiger partial charge in [0, 0.05) is 26.3 Å². The lowest BCUT2D eigenvalue weighted by Gasteiger charge is -2.22. The lowest BCUT2D eigenvalue weighted by Crippen LogP contribution is -2.25. The summed E-state index contributed by atoms with van der Waals surface area (Å²) in [7, 11) is 1.60. The fourth-order valence-corrected chi connectivity index (χ4v) is 1.35. The van der Waals surface area contributed by atoms with Crippen LogP contribution in [0.1, 0.15) is 12.0 Å². The number of nitrogens with zero attached hydrogens (tertiary/aromatic N) is 2. The molecule has 0 aliphatic rings. The number of pyridine rings is 1. The third-order valence-electron chi connectivity index (χ3n) is 2.25. The van der Waals surface area contributed by atoms with Gasteiger partial charge in [-0.2, -0.15) is 13.2 Å². The maximum Gasteiger partial charge on any atom is 0.390 e. The number of alkyl halides is 3. The lowest BCUT2D eigenvalue weighted by molar-refractivity contribution is -0.132. The minimum atomic E-state index is -4.14. The maximum atomic E-state index is 12.0. The van der Waals surface area contributed by atoms with Gasteiger partial charge in [0.1, 0.15) is 0 Å². The number of nitrogens with two attached hydrogens (primary N) is 1. The molecule has 0 amide bonds. The van der Waals surface area contributed by atoms with E-state index in [9.17, 15) is 13.2 Å². The van der Waals surface area contributed by atoms with E-state index in [1.54, 1.807) is 19.3 Å². The summed E-state index contributed by atoms with van der Waals surface area (Å²) in [4.78, 5) is 5.40. The number of anilines is 1. The average molecular weight is 233 g/mol. The zero-order valence-electron chi connectivity index (χ0n) is 8.96. The molecule has 0 bridgehead atoms. The van der Waals surface area contributed by atoms with Crippen molar-refractivity contribution in [2.75, 3.05) is 18.5 Å². The number of aromatic nitrogens is 1. The van der Waals surface area contributed by atoms with Gasteiger partial charge in [-0.1, -0.05) is 0 Å². The van der Waals surface area contributed by atoms with Crippen LogP contribution in [0.5, 0.6) is 0 Å². The summed E-state index contributed by atoms with van der Waals surface area (Å²) >= 11 is 0. The Balaban J connectivity index is 2.69. The van der Waals surface area contributed by atoms with Crippen molar-refractivity contribution in [1.29, 1.82) is 0 Å². The molecule has 0 unspecified atom stereocenters. The third kappa shape index (κ3) is 3.69. The van der Waals surface area contributed by atoms with Crippen molar-refractivity contribution in [1.82, 2.24) is 4.98 Å². The van der Waals surface area contributed by atoms with Gasteiger partial charge >= 0.3 is 6.18 Å². The first-order chi connectivity index (χ1) is 7.44. The average Bonchev–Trinajstić information content (AvgIpc) is 2.25. The smallest absolute Gasteiger partial charge is 0.373 e. The summed E-state index contributed by atoms with van der Waals surface area (Å²) in [6.45, 7) is 0.191. The van der Waals surface area contributed by atoms with Crippen LogP contribution >= 0.6 is 0 Å². The van der Waals surface area contributed by atoms with Crippen LogP contribution in [-0.4, -0.2) is 24.8 Å². The van der Waals surface area contributed by atoms with Crippen molar-refractivity contribution in [2.45, 2.75) is 19.1 Å². The number of rotatable bonds is 4. The molecule has 2 N–H and O–H groups in total. The first-order valence-corrected chi connectivity index (χ1v) is 4.85. The number of hydrogen-bond acceptors (Lipinski definition) is 3. The number of hydrogen-bond donors (Lipinski definition) is 1. The zero-order chi connectivity index (χ0) is 12.2. The van der Waals surface area contributed by atoms with Gasteiger partial charge in [0.05, 0.1) is 18.3 Å². The molecule has 0 spiro atoms. The van der Waals surface area contributed by atoms with Crippen LogP contribution in [0.25, 0.3) is 0 Å². The highest BCUT2D eigenvalue weighted by molar-refractivity contribution is 5.50. The number of halogens is 3. The zero-order valence-corrected chi connectivity index (χ0v) is 8.96. The second-order valence-electron chi connectivity index (χ2n) is 3.50. The summed E-state index contributed by atoms with van der Waals surface area (Å²) in [5, 5.41) is 0. The summed E-state index contributed by atoms with van der Waals surface area (Å²) < 4.78 is 36.1. The Morgan fingerprint density at radius 1 is 1.44 bits per heavy atom. The highest BCUT2D eigenvalue weighted by atomic mass is 19.4. The maximum absolute atomic E-state index is 12.0. The largest absolute Gasteiger partial charge is 0.390 e. The van der Waals surface area contributed by atoms with Gasteiger partial charge in [-0.15, -0.1) is 0 Å². The van der Waals surface area contributed by atoms with Crippen molar-refractivity contribution in [2.24, 2.45) is 5.73 Å². The second kappa shape index (κ2) is 5.16. The molecule has 1 aromatic heterocycles. The van der Waals surface area contributed by atoms with Crippen molar-refractivity contribution in [3.8, 4) is 0 Å². The van der Waals surface area contributed by atoms with Crippen LogP contribution in [0.15, 0.2) is 18.5 Å². The van der Waals surface area contributed by atoms with Crippen LogP contribution in [0.2, 0.25) is 0 Å². The molecular formula is C10H14F3N3. The van der Waals surface area contributed by atoms with E-state index >= 15 is 0 Å². The van der Waals surface area contributed by atoms with Gasteiger partial charge in [0.2, 0.25) is 0 Å². The fraction of sp³-hybridized carbons (Fsp3) is 0.500. The normalized spacial score (nSPS) is 11.6. The Kier molecular flexibility index (Phi) is 4.12. The van der Waals surface area contributed by atoms with Crippen molar-refractivity contribution in [3.63, 3.8) is 0 Å². The molecule has 0 saturated heterocycles. The van der Waals surface area contributed by atoms with E-state index in [1.165, 1.54) is 11.1 Å². The van der Waals surface area contributed by atoms with Crippen LogP contribution in [0, 0.1) is 0 Å². The highest BCUT2D eigenvalue weighted by Crippen LogP contribution is 2.23. The molecule has 0 atom stereocenters. The molecule has 0 fully saturated rings. The van der Waals surface area contributed by atoms with Crippen LogP contribution in [0.3, 0.4) is 0 Å². The Bertz CT molecular complexity index is 338. The standard InChI is InChI=1S/C10H14F3N3/c1-16(5-3-10(11,12)13)9-7-15-4-2-8(9)6-14/h2,4,7H,3,5-6,14H2,1H3. The van der Waals surface area contributed by atoms with E-state index in [1.807, 2.05) is 0 Å². The van der Waals surface area contributed by atoms with Crippen LogP contribution in [-0.2, 0) is 6.54 Å². The minimum Gasteiger partial charge on any atom is -0.373 e. The Hall–Kier alpha value is -1.30. The monoisotopic (exact) mass is 233 g/mol. The van der Waals surface area contributed by atoms with Gasteiger partial charge in [-0.25, -0.2) is 0 Å². The molecular weight excluding hydrogens is 219 g/mol. The summed E-state index contributed by atoms with van der Waals surface area (Å²) in [6.07, 6.45) is -1.89. The Labute approximate surface area is 92.1 Å². The van der Waals surface area contributed by atoms with Gasteiger partial charge in [-0.3, -0.25) is 4.98 Å². The second-order valence-corrected chi connectivity index (χ2v) is 3.50. The predicted molar refractivity (Wildman–Crippen MR) is 56.1 cm³/mol. The highest BCUT2D eigenvalue weighted by Gasteiger charge is 2.27.